The summed E-state index contributed by atoms with van der Waals surface area (Å²) in [5, 5.41) is 4.74. The Balaban J connectivity index is 1.80. The number of carbonyl (C=O) groups excluding carboxylic acids is 2. The minimum absolute atomic E-state index is 0.122. The minimum atomic E-state index is -4.68. The number of nitrogens with zero attached hydrogens (tertiary/aromatic N) is 2. The summed E-state index contributed by atoms with van der Waals surface area (Å²) in [5.74, 6) is -1.43. The van der Waals surface area contributed by atoms with Crippen molar-refractivity contribution in [1.82, 2.24) is 20.2 Å². The Morgan fingerprint density at radius 2 is 2.15 bits per heavy atom. The molecule has 0 unspecified atom stereocenters. The van der Waals surface area contributed by atoms with E-state index in [9.17, 15) is 27.2 Å². The van der Waals surface area contributed by atoms with Crippen LogP contribution < -0.4 is 10.6 Å². The summed E-state index contributed by atoms with van der Waals surface area (Å²) in [6.45, 7) is 0.299. The second kappa shape index (κ2) is 7.25. The molecule has 1 aliphatic rings. The Bertz CT molecular complexity index is 838. The number of aromatic nitrogens is 2. The number of rotatable bonds is 3. The standard InChI is InChI=1S/C16H15F4N5O2/c17-11-2-1-9(16(18,19)20)5-12(11)24-15(27)25-4-3-22-14(26)13(25)6-10-7-21-8-23-10/h1-2,5,7-8,13H,3-4,6H2,(H,21,23)(H,22,26)(H,24,27)/t13-/m0/s1. The fraction of sp³-hybridized carbons (Fsp3) is 0.312. The van der Waals surface area contributed by atoms with Crippen molar-refractivity contribution in [2.75, 3.05) is 18.4 Å². The molecule has 3 rings (SSSR count). The number of benzene rings is 1. The third kappa shape index (κ3) is 4.18. The smallest absolute Gasteiger partial charge is 0.353 e. The van der Waals surface area contributed by atoms with Crippen LogP contribution in [0.15, 0.2) is 30.7 Å². The van der Waals surface area contributed by atoms with E-state index in [1.807, 2.05) is 0 Å². The summed E-state index contributed by atoms with van der Waals surface area (Å²) in [6.07, 6.45) is -1.64. The molecule has 7 nitrogen and oxygen atoms in total. The van der Waals surface area contributed by atoms with E-state index in [4.69, 9.17) is 0 Å². The second-order valence-corrected chi connectivity index (χ2v) is 5.90. The number of urea groups is 1. The van der Waals surface area contributed by atoms with Crippen LogP contribution in [0.4, 0.5) is 28.0 Å². The van der Waals surface area contributed by atoms with E-state index in [1.165, 1.54) is 12.5 Å². The largest absolute Gasteiger partial charge is 0.416 e. The highest BCUT2D eigenvalue weighted by molar-refractivity contribution is 5.94. The predicted octanol–water partition coefficient (Wildman–Crippen LogP) is 2.14. The number of amides is 3. The number of alkyl halides is 3. The van der Waals surface area contributed by atoms with Gasteiger partial charge in [-0.25, -0.2) is 14.2 Å². The maximum absolute atomic E-state index is 13.9. The number of carbonyl (C=O) groups is 2. The molecule has 1 aromatic carbocycles. The van der Waals surface area contributed by atoms with Crippen molar-refractivity contribution in [2.45, 2.75) is 18.6 Å². The molecule has 1 saturated heterocycles. The molecule has 11 heteroatoms. The quantitative estimate of drug-likeness (QED) is 0.708. The fourth-order valence-corrected chi connectivity index (χ4v) is 2.75. The lowest BCUT2D eigenvalue weighted by molar-refractivity contribution is -0.137. The molecule has 1 fully saturated rings. The van der Waals surface area contributed by atoms with Crippen LogP contribution >= 0.6 is 0 Å². The number of piperazine rings is 1. The van der Waals surface area contributed by atoms with Gasteiger partial charge in [0.25, 0.3) is 0 Å². The highest BCUT2D eigenvalue weighted by Crippen LogP contribution is 2.32. The molecule has 2 heterocycles. The molecule has 2 aromatic rings. The molecule has 1 atom stereocenters. The average Bonchev–Trinajstić information content (AvgIpc) is 3.10. The highest BCUT2D eigenvalue weighted by atomic mass is 19.4. The summed E-state index contributed by atoms with van der Waals surface area (Å²) in [5.41, 5.74) is -1.11. The van der Waals surface area contributed by atoms with Crippen LogP contribution in [0.25, 0.3) is 0 Å². The average molecular weight is 385 g/mol. The fourth-order valence-electron chi connectivity index (χ4n) is 2.75. The van der Waals surface area contributed by atoms with Gasteiger partial charge in [-0.15, -0.1) is 0 Å². The second-order valence-electron chi connectivity index (χ2n) is 5.90. The summed E-state index contributed by atoms with van der Waals surface area (Å²) >= 11 is 0. The zero-order valence-electron chi connectivity index (χ0n) is 13.8. The van der Waals surface area contributed by atoms with Gasteiger partial charge in [-0.2, -0.15) is 13.2 Å². The van der Waals surface area contributed by atoms with Crippen molar-refractivity contribution in [1.29, 1.82) is 0 Å². The zero-order chi connectivity index (χ0) is 19.6. The van der Waals surface area contributed by atoms with Crippen LogP contribution in [0, 0.1) is 5.82 Å². The van der Waals surface area contributed by atoms with Crippen LogP contribution in [-0.2, 0) is 17.4 Å². The first kappa shape index (κ1) is 18.7. The lowest BCUT2D eigenvalue weighted by Crippen LogP contribution is -2.59. The number of halogens is 4. The number of imidazole rings is 1. The molecule has 0 spiro atoms. The number of hydrogen-bond acceptors (Lipinski definition) is 3. The Morgan fingerprint density at radius 1 is 1.37 bits per heavy atom. The highest BCUT2D eigenvalue weighted by Gasteiger charge is 2.35. The van der Waals surface area contributed by atoms with Crippen molar-refractivity contribution < 1.29 is 27.2 Å². The van der Waals surface area contributed by atoms with Crippen molar-refractivity contribution >= 4 is 17.6 Å². The van der Waals surface area contributed by atoms with Crippen molar-refractivity contribution in [2.24, 2.45) is 0 Å². The number of aromatic amines is 1. The van der Waals surface area contributed by atoms with Gasteiger partial charge in [-0.1, -0.05) is 0 Å². The van der Waals surface area contributed by atoms with Gasteiger partial charge in [0, 0.05) is 31.4 Å². The molecule has 1 aromatic heterocycles. The Hall–Kier alpha value is -3.11. The topological polar surface area (TPSA) is 90.1 Å². The molecule has 0 bridgehead atoms. The van der Waals surface area contributed by atoms with E-state index in [1.54, 1.807) is 0 Å². The maximum Gasteiger partial charge on any atom is 0.416 e. The van der Waals surface area contributed by atoms with Gasteiger partial charge in [0.1, 0.15) is 11.9 Å². The van der Waals surface area contributed by atoms with Crippen LogP contribution in [0.3, 0.4) is 0 Å². The Morgan fingerprint density at radius 3 is 2.81 bits per heavy atom. The van der Waals surface area contributed by atoms with Crippen LogP contribution in [0.1, 0.15) is 11.3 Å². The number of hydrogen-bond donors (Lipinski definition) is 3. The van der Waals surface area contributed by atoms with E-state index < -0.39 is 41.2 Å². The molecule has 3 amide bonds. The van der Waals surface area contributed by atoms with E-state index in [-0.39, 0.29) is 19.5 Å². The number of H-pyrrole nitrogens is 1. The summed E-state index contributed by atoms with van der Waals surface area (Å²) in [4.78, 5) is 32.5. The SMILES string of the molecule is O=C1NCCN(C(=O)Nc2cc(C(F)(F)F)ccc2F)[C@H]1Cc1cnc[nH]1. The number of nitrogens with one attached hydrogen (secondary N) is 3. The van der Waals surface area contributed by atoms with E-state index in [0.717, 1.165) is 4.90 Å². The molecule has 3 N–H and O–H groups in total. The first-order valence-electron chi connectivity index (χ1n) is 7.95. The normalized spacial score (nSPS) is 17.6. The van der Waals surface area contributed by atoms with Gasteiger partial charge in [0.05, 0.1) is 17.6 Å². The van der Waals surface area contributed by atoms with Crippen LogP contribution in [-0.4, -0.2) is 45.9 Å². The van der Waals surface area contributed by atoms with Gasteiger partial charge in [-0.3, -0.25) is 4.79 Å². The van der Waals surface area contributed by atoms with Gasteiger partial charge >= 0.3 is 12.2 Å². The van der Waals surface area contributed by atoms with Gasteiger partial charge < -0.3 is 20.5 Å². The molecule has 0 aliphatic carbocycles. The van der Waals surface area contributed by atoms with Gasteiger partial charge in [0.15, 0.2) is 0 Å². The summed E-state index contributed by atoms with van der Waals surface area (Å²) < 4.78 is 52.3. The lowest BCUT2D eigenvalue weighted by atomic mass is 10.1. The van der Waals surface area contributed by atoms with Crippen LogP contribution in [0.2, 0.25) is 0 Å². The van der Waals surface area contributed by atoms with Gasteiger partial charge in [0.2, 0.25) is 5.91 Å². The van der Waals surface area contributed by atoms with Crippen molar-refractivity contribution in [3.8, 4) is 0 Å². The molecular formula is C16H15F4N5O2. The predicted molar refractivity (Wildman–Crippen MR) is 86.2 cm³/mol. The molecule has 144 valence electrons. The van der Waals surface area contributed by atoms with Gasteiger partial charge in [-0.05, 0) is 18.2 Å². The molecule has 1 aliphatic heterocycles. The molecule has 0 radical (unpaired) electrons. The molecular weight excluding hydrogens is 370 g/mol. The number of anilines is 1. The minimum Gasteiger partial charge on any atom is -0.353 e. The monoisotopic (exact) mass is 385 g/mol. The van der Waals surface area contributed by atoms with E-state index >= 15 is 0 Å². The van der Waals surface area contributed by atoms with Crippen molar-refractivity contribution in [3.63, 3.8) is 0 Å². The Labute approximate surface area is 150 Å². The maximum atomic E-state index is 13.9. The van der Waals surface area contributed by atoms with Crippen molar-refractivity contribution in [3.05, 3.63) is 47.8 Å². The lowest BCUT2D eigenvalue weighted by Gasteiger charge is -2.34. The third-order valence-corrected chi connectivity index (χ3v) is 4.10. The first-order chi connectivity index (χ1) is 12.8. The molecule has 0 saturated carbocycles. The van der Waals surface area contributed by atoms with E-state index in [2.05, 4.69) is 20.6 Å². The Kier molecular flexibility index (Phi) is 5.02. The summed E-state index contributed by atoms with van der Waals surface area (Å²) in [6, 6.07) is -0.0500. The van der Waals surface area contributed by atoms with E-state index in [0.29, 0.717) is 23.9 Å². The zero-order valence-corrected chi connectivity index (χ0v) is 13.8. The third-order valence-electron chi connectivity index (χ3n) is 4.10. The molecule has 27 heavy (non-hydrogen) atoms. The first-order valence-corrected chi connectivity index (χ1v) is 7.95. The summed E-state index contributed by atoms with van der Waals surface area (Å²) in [7, 11) is 0. The van der Waals surface area contributed by atoms with Crippen LogP contribution in [0.5, 0.6) is 0 Å².